The Hall–Kier alpha value is -2.53. The van der Waals surface area contributed by atoms with Crippen LogP contribution >= 0.6 is 0 Å². The van der Waals surface area contributed by atoms with Crippen molar-refractivity contribution >= 4 is 22.0 Å². The molecule has 0 N–H and O–H groups in total. The van der Waals surface area contributed by atoms with Gasteiger partial charge in [-0.2, -0.15) is 0 Å². The second-order valence-corrected chi connectivity index (χ2v) is 10.5. The van der Waals surface area contributed by atoms with Crippen molar-refractivity contribution in [1.82, 2.24) is 0 Å². The van der Waals surface area contributed by atoms with Gasteiger partial charge in [0.25, 0.3) is 0 Å². The van der Waals surface area contributed by atoms with E-state index in [0.29, 0.717) is 0 Å². The Morgan fingerprint density at radius 1 is 0.621 bits per heavy atom. The smallest absolute Gasteiger partial charge is 0.193 e. The van der Waals surface area contributed by atoms with Crippen LogP contribution in [0.2, 0.25) is 0 Å². The molecule has 0 atom stereocenters. The van der Waals surface area contributed by atoms with Crippen LogP contribution in [0.4, 0.5) is 0 Å². The number of hydrogen-bond acceptors (Lipinski definition) is 4. The number of hydrogen-bond donors (Lipinski definition) is 0. The van der Waals surface area contributed by atoms with Gasteiger partial charge in [0, 0.05) is 10.8 Å². The molecule has 0 aliphatic carbocycles. The van der Waals surface area contributed by atoms with E-state index in [0.717, 1.165) is 22.6 Å². The molecule has 0 aromatic heterocycles. The first-order valence-electron chi connectivity index (χ1n) is 9.51. The molecule has 0 saturated heterocycles. The summed E-state index contributed by atoms with van der Waals surface area (Å²) in [7, 11) is -3.48. The van der Waals surface area contributed by atoms with Crippen molar-refractivity contribution in [2.45, 2.75) is 52.7 Å². The maximum atomic E-state index is 12.3. The van der Waals surface area contributed by atoms with E-state index in [4.69, 9.17) is 9.47 Å². The molecule has 0 radical (unpaired) electrons. The Kier molecular flexibility index (Phi) is 6.96. The Morgan fingerprint density at radius 2 is 0.931 bits per heavy atom. The van der Waals surface area contributed by atoms with Gasteiger partial charge in [0.1, 0.15) is 22.7 Å². The topological polar surface area (TPSA) is 52.6 Å². The molecule has 0 saturated carbocycles. The summed E-state index contributed by atoms with van der Waals surface area (Å²) in [5, 5.41) is 2.39. The normalized spacial score (nSPS) is 13.2. The van der Waals surface area contributed by atoms with Crippen LogP contribution in [0.25, 0.3) is 12.2 Å². The zero-order chi connectivity index (χ0) is 21.7. The van der Waals surface area contributed by atoms with Crippen molar-refractivity contribution in [1.29, 1.82) is 0 Å². The van der Waals surface area contributed by atoms with Gasteiger partial charge in [-0.1, -0.05) is 24.3 Å². The van der Waals surface area contributed by atoms with E-state index in [1.165, 1.54) is 10.8 Å². The lowest BCUT2D eigenvalue weighted by Crippen LogP contribution is -2.22. The fourth-order valence-corrected chi connectivity index (χ4v) is 3.18. The molecule has 0 aliphatic rings. The average Bonchev–Trinajstić information content (AvgIpc) is 2.58. The monoisotopic (exact) mass is 414 g/mol. The fraction of sp³-hybridized carbons (Fsp3) is 0.333. The summed E-state index contributed by atoms with van der Waals surface area (Å²) in [5.74, 6) is 1.49. The lowest BCUT2D eigenvalue weighted by molar-refractivity contribution is 0.130. The molecule has 2 aromatic carbocycles. The van der Waals surface area contributed by atoms with E-state index >= 15 is 0 Å². The molecule has 0 unspecified atom stereocenters. The molecule has 156 valence electrons. The van der Waals surface area contributed by atoms with Crippen LogP contribution in [0.3, 0.4) is 0 Å². The second-order valence-electron chi connectivity index (χ2n) is 8.76. The zero-order valence-electron chi connectivity index (χ0n) is 18.0. The number of sulfone groups is 1. The molecule has 29 heavy (non-hydrogen) atoms. The summed E-state index contributed by atoms with van der Waals surface area (Å²) in [6.07, 6.45) is 3.14. The van der Waals surface area contributed by atoms with Crippen molar-refractivity contribution in [3.63, 3.8) is 0 Å². The summed E-state index contributed by atoms with van der Waals surface area (Å²) in [5.41, 5.74) is 1.02. The SMILES string of the molecule is CC(C)(C)Oc1ccc(C=CS(=O)(=O)C=Cc2ccc(OC(C)(C)C)cc2)cc1. The van der Waals surface area contributed by atoms with E-state index in [9.17, 15) is 8.42 Å². The highest BCUT2D eigenvalue weighted by molar-refractivity contribution is 7.97. The first kappa shape index (κ1) is 22.8. The molecule has 0 fully saturated rings. The van der Waals surface area contributed by atoms with Gasteiger partial charge in [-0.3, -0.25) is 0 Å². The number of ether oxygens (including phenoxy) is 2. The van der Waals surface area contributed by atoms with Gasteiger partial charge in [-0.05, 0) is 89.1 Å². The molecule has 5 heteroatoms. The Labute approximate surface area is 174 Å². The Balaban J connectivity index is 2.02. The molecule has 0 heterocycles. The molecule has 2 aromatic rings. The second kappa shape index (κ2) is 8.87. The van der Waals surface area contributed by atoms with E-state index in [-0.39, 0.29) is 11.2 Å². The summed E-state index contributed by atoms with van der Waals surface area (Å²) >= 11 is 0. The number of benzene rings is 2. The van der Waals surface area contributed by atoms with E-state index in [2.05, 4.69) is 0 Å². The minimum atomic E-state index is -3.48. The van der Waals surface area contributed by atoms with Gasteiger partial charge >= 0.3 is 0 Å². The van der Waals surface area contributed by atoms with Crippen LogP contribution < -0.4 is 9.47 Å². The predicted molar refractivity (Wildman–Crippen MR) is 121 cm³/mol. The van der Waals surface area contributed by atoms with Crippen molar-refractivity contribution in [3.8, 4) is 11.5 Å². The summed E-state index contributed by atoms with van der Waals surface area (Å²) in [6, 6.07) is 14.6. The first-order valence-corrected chi connectivity index (χ1v) is 11.1. The molecule has 0 aliphatic heterocycles. The quantitative estimate of drug-likeness (QED) is 0.573. The summed E-state index contributed by atoms with van der Waals surface area (Å²) in [4.78, 5) is 0. The van der Waals surface area contributed by atoms with Gasteiger partial charge in [0.2, 0.25) is 0 Å². The molecule has 4 nitrogen and oxygen atoms in total. The molecular weight excluding hydrogens is 384 g/mol. The average molecular weight is 415 g/mol. The lowest BCUT2D eigenvalue weighted by atomic mass is 10.2. The fourth-order valence-electron chi connectivity index (χ4n) is 2.39. The van der Waals surface area contributed by atoms with Crippen LogP contribution in [-0.2, 0) is 9.84 Å². The highest BCUT2D eigenvalue weighted by Gasteiger charge is 2.12. The maximum absolute atomic E-state index is 12.3. The largest absolute Gasteiger partial charge is 0.488 e. The van der Waals surface area contributed by atoms with E-state index in [1.807, 2.05) is 90.1 Å². The molecular formula is C24H30O4S. The summed E-state index contributed by atoms with van der Waals surface area (Å²) < 4.78 is 36.1. The maximum Gasteiger partial charge on any atom is 0.193 e. The van der Waals surface area contributed by atoms with Crippen molar-refractivity contribution in [2.24, 2.45) is 0 Å². The van der Waals surface area contributed by atoms with Gasteiger partial charge in [-0.15, -0.1) is 0 Å². The van der Waals surface area contributed by atoms with Gasteiger partial charge in [-0.25, -0.2) is 8.42 Å². The zero-order valence-corrected chi connectivity index (χ0v) is 18.8. The van der Waals surface area contributed by atoms with Gasteiger partial charge < -0.3 is 9.47 Å². The van der Waals surface area contributed by atoms with E-state index < -0.39 is 9.84 Å². The van der Waals surface area contributed by atoms with Gasteiger partial charge in [0.05, 0.1) is 0 Å². The number of rotatable bonds is 6. The van der Waals surface area contributed by atoms with E-state index in [1.54, 1.807) is 12.2 Å². The van der Waals surface area contributed by atoms with Crippen LogP contribution in [-0.4, -0.2) is 19.6 Å². The molecule has 0 bridgehead atoms. The third-order valence-corrected chi connectivity index (χ3v) is 4.54. The van der Waals surface area contributed by atoms with Crippen LogP contribution in [0.15, 0.2) is 59.3 Å². The van der Waals surface area contributed by atoms with Crippen LogP contribution in [0, 0.1) is 0 Å². The van der Waals surface area contributed by atoms with Crippen molar-refractivity contribution in [2.75, 3.05) is 0 Å². The van der Waals surface area contributed by atoms with Gasteiger partial charge in [0.15, 0.2) is 9.84 Å². The third kappa shape index (κ3) is 9.01. The lowest BCUT2D eigenvalue weighted by Gasteiger charge is -2.21. The van der Waals surface area contributed by atoms with Crippen molar-refractivity contribution < 1.29 is 17.9 Å². The Morgan fingerprint density at radius 3 is 1.21 bits per heavy atom. The molecule has 2 rings (SSSR count). The van der Waals surface area contributed by atoms with Crippen LogP contribution in [0.5, 0.6) is 11.5 Å². The minimum absolute atomic E-state index is 0.275. The van der Waals surface area contributed by atoms with Crippen molar-refractivity contribution in [3.05, 3.63) is 70.5 Å². The standard InChI is InChI=1S/C24H30O4S/c1-23(2,3)27-21-11-7-19(8-12-21)15-17-29(25,26)18-16-20-9-13-22(14-10-20)28-24(4,5)6/h7-18H,1-6H3. The minimum Gasteiger partial charge on any atom is -0.488 e. The Bertz CT molecular complexity index is 878. The first-order chi connectivity index (χ1) is 13.3. The highest BCUT2D eigenvalue weighted by Crippen LogP contribution is 2.20. The molecule has 0 amide bonds. The summed E-state index contributed by atoms with van der Waals surface area (Å²) in [6.45, 7) is 11.9. The predicted octanol–water partition coefficient (Wildman–Crippen LogP) is 6.10. The third-order valence-electron chi connectivity index (χ3n) is 3.51. The molecule has 0 spiro atoms. The van der Waals surface area contributed by atoms with Crippen LogP contribution in [0.1, 0.15) is 52.7 Å². The highest BCUT2D eigenvalue weighted by atomic mass is 32.2.